The molecule has 0 aliphatic carbocycles. The monoisotopic (exact) mass is 223 g/mol. The quantitative estimate of drug-likeness (QED) is 0.734. The Morgan fingerprint density at radius 2 is 2.31 bits per heavy atom. The minimum atomic E-state index is -0.309. The molecule has 3 N–H and O–H groups in total. The summed E-state index contributed by atoms with van der Waals surface area (Å²) in [6.07, 6.45) is 6.05. The average Bonchev–Trinajstić information content (AvgIpc) is 2.67. The van der Waals surface area contributed by atoms with E-state index in [4.69, 9.17) is 5.73 Å². The van der Waals surface area contributed by atoms with Gasteiger partial charge in [0.25, 0.3) is 0 Å². The van der Waals surface area contributed by atoms with Gasteiger partial charge < -0.3 is 15.6 Å². The predicted molar refractivity (Wildman–Crippen MR) is 65.0 cm³/mol. The van der Waals surface area contributed by atoms with Crippen LogP contribution in [0.15, 0.2) is 18.5 Å². The van der Waals surface area contributed by atoms with Crippen LogP contribution in [0.1, 0.15) is 38.3 Å². The second-order valence-corrected chi connectivity index (χ2v) is 4.00. The number of hydrogen-bond donors (Lipinski definition) is 2. The highest BCUT2D eigenvalue weighted by molar-refractivity contribution is 5.73. The van der Waals surface area contributed by atoms with E-state index >= 15 is 0 Å². The van der Waals surface area contributed by atoms with Crippen LogP contribution < -0.4 is 11.1 Å². The summed E-state index contributed by atoms with van der Waals surface area (Å²) in [7, 11) is 0. The van der Waals surface area contributed by atoms with Crippen molar-refractivity contribution in [3.8, 4) is 0 Å². The lowest BCUT2D eigenvalue weighted by Crippen LogP contribution is -2.21. The number of rotatable bonds is 7. The van der Waals surface area contributed by atoms with Crippen molar-refractivity contribution >= 4 is 5.91 Å². The molecule has 4 heteroatoms. The molecular weight excluding hydrogens is 202 g/mol. The largest absolute Gasteiger partial charge is 0.368 e. The summed E-state index contributed by atoms with van der Waals surface area (Å²) in [5.74, 6) is -0.309. The van der Waals surface area contributed by atoms with Crippen LogP contribution in [0, 0.1) is 0 Å². The van der Waals surface area contributed by atoms with Gasteiger partial charge in [0.05, 0.1) is 0 Å². The first-order valence-electron chi connectivity index (χ1n) is 5.84. The van der Waals surface area contributed by atoms with Crippen LogP contribution in [-0.2, 0) is 11.3 Å². The summed E-state index contributed by atoms with van der Waals surface area (Å²) < 4.78 is 1.83. The molecule has 0 bridgehead atoms. The molecule has 1 aromatic heterocycles. The first-order valence-corrected chi connectivity index (χ1v) is 5.84. The van der Waals surface area contributed by atoms with Gasteiger partial charge in [-0.15, -0.1) is 0 Å². The number of amides is 1. The van der Waals surface area contributed by atoms with Gasteiger partial charge in [0.15, 0.2) is 0 Å². The zero-order valence-corrected chi connectivity index (χ0v) is 10.1. The molecule has 1 aromatic rings. The average molecular weight is 223 g/mol. The molecule has 1 heterocycles. The van der Waals surface area contributed by atoms with Gasteiger partial charge in [0, 0.05) is 18.4 Å². The van der Waals surface area contributed by atoms with Gasteiger partial charge in [-0.3, -0.25) is 4.79 Å². The van der Waals surface area contributed by atoms with E-state index in [1.54, 1.807) is 0 Å². The SMILES string of the molecule is CCCNC(CC)c1ccn(CC(N)=O)c1. The fourth-order valence-electron chi connectivity index (χ4n) is 1.76. The summed E-state index contributed by atoms with van der Waals surface area (Å²) >= 11 is 0. The van der Waals surface area contributed by atoms with Gasteiger partial charge in [-0.1, -0.05) is 13.8 Å². The minimum Gasteiger partial charge on any atom is -0.368 e. The summed E-state index contributed by atoms with van der Waals surface area (Å²) in [5.41, 5.74) is 6.37. The van der Waals surface area contributed by atoms with E-state index in [-0.39, 0.29) is 12.5 Å². The Balaban J connectivity index is 2.62. The van der Waals surface area contributed by atoms with Crippen molar-refractivity contribution in [1.29, 1.82) is 0 Å². The second-order valence-electron chi connectivity index (χ2n) is 4.00. The van der Waals surface area contributed by atoms with Crippen molar-refractivity contribution in [2.75, 3.05) is 6.54 Å². The summed E-state index contributed by atoms with van der Waals surface area (Å²) in [5, 5.41) is 3.47. The van der Waals surface area contributed by atoms with Crippen molar-refractivity contribution in [2.45, 2.75) is 39.3 Å². The normalized spacial score (nSPS) is 12.6. The number of carbonyl (C=O) groups excluding carboxylic acids is 1. The molecule has 0 radical (unpaired) electrons. The number of primary amides is 1. The number of carbonyl (C=O) groups is 1. The fourth-order valence-corrected chi connectivity index (χ4v) is 1.76. The lowest BCUT2D eigenvalue weighted by Gasteiger charge is -2.14. The maximum Gasteiger partial charge on any atom is 0.237 e. The molecule has 0 aromatic carbocycles. The molecule has 0 aliphatic rings. The van der Waals surface area contributed by atoms with E-state index in [0.29, 0.717) is 6.04 Å². The number of aromatic nitrogens is 1. The van der Waals surface area contributed by atoms with Crippen molar-refractivity contribution in [1.82, 2.24) is 9.88 Å². The van der Waals surface area contributed by atoms with Gasteiger partial charge in [-0.05, 0) is 31.0 Å². The van der Waals surface area contributed by atoms with Crippen molar-refractivity contribution in [3.05, 3.63) is 24.0 Å². The lowest BCUT2D eigenvalue weighted by molar-refractivity contribution is -0.118. The number of nitrogens with one attached hydrogen (secondary N) is 1. The molecule has 0 aliphatic heterocycles. The number of nitrogens with two attached hydrogens (primary N) is 1. The van der Waals surface area contributed by atoms with Crippen LogP contribution >= 0.6 is 0 Å². The molecule has 1 unspecified atom stereocenters. The third kappa shape index (κ3) is 3.70. The molecule has 4 nitrogen and oxygen atoms in total. The predicted octanol–water partition coefficient (Wildman–Crippen LogP) is 1.42. The summed E-state index contributed by atoms with van der Waals surface area (Å²) in [6, 6.07) is 2.41. The highest BCUT2D eigenvalue weighted by atomic mass is 16.1. The molecule has 16 heavy (non-hydrogen) atoms. The maximum absolute atomic E-state index is 10.8. The Bertz CT molecular complexity index is 333. The highest BCUT2D eigenvalue weighted by Crippen LogP contribution is 2.16. The Kier molecular flexibility index (Phi) is 5.05. The first kappa shape index (κ1) is 12.8. The van der Waals surface area contributed by atoms with Crippen LogP contribution in [0.4, 0.5) is 0 Å². The van der Waals surface area contributed by atoms with Crippen molar-refractivity contribution in [3.63, 3.8) is 0 Å². The molecule has 1 amide bonds. The van der Waals surface area contributed by atoms with Crippen LogP contribution in [-0.4, -0.2) is 17.0 Å². The Hall–Kier alpha value is -1.29. The Labute approximate surface area is 96.8 Å². The van der Waals surface area contributed by atoms with E-state index in [1.165, 1.54) is 5.56 Å². The van der Waals surface area contributed by atoms with Crippen LogP contribution in [0.3, 0.4) is 0 Å². The molecular formula is C12H21N3O. The third-order valence-electron chi connectivity index (χ3n) is 2.56. The Morgan fingerprint density at radius 1 is 1.56 bits per heavy atom. The zero-order valence-electron chi connectivity index (χ0n) is 10.1. The van der Waals surface area contributed by atoms with Gasteiger partial charge in [0.1, 0.15) is 6.54 Å². The van der Waals surface area contributed by atoms with Gasteiger partial charge in [-0.25, -0.2) is 0 Å². The van der Waals surface area contributed by atoms with E-state index in [9.17, 15) is 4.79 Å². The van der Waals surface area contributed by atoms with Gasteiger partial charge in [0.2, 0.25) is 5.91 Å². The molecule has 90 valence electrons. The molecule has 1 atom stereocenters. The van der Waals surface area contributed by atoms with Crippen molar-refractivity contribution < 1.29 is 4.79 Å². The second kappa shape index (κ2) is 6.33. The molecule has 0 spiro atoms. The van der Waals surface area contributed by atoms with Crippen molar-refractivity contribution in [2.24, 2.45) is 5.73 Å². The topological polar surface area (TPSA) is 60.1 Å². The van der Waals surface area contributed by atoms with E-state index in [2.05, 4.69) is 19.2 Å². The number of hydrogen-bond acceptors (Lipinski definition) is 2. The molecule has 0 saturated carbocycles. The van der Waals surface area contributed by atoms with Gasteiger partial charge >= 0.3 is 0 Å². The zero-order chi connectivity index (χ0) is 12.0. The van der Waals surface area contributed by atoms with E-state index in [1.807, 2.05) is 23.0 Å². The Morgan fingerprint density at radius 3 is 2.88 bits per heavy atom. The van der Waals surface area contributed by atoms with Gasteiger partial charge in [-0.2, -0.15) is 0 Å². The summed E-state index contributed by atoms with van der Waals surface area (Å²) in [4.78, 5) is 10.8. The standard InChI is InChI=1S/C12H21N3O/c1-3-6-14-11(4-2)10-5-7-15(8-10)9-12(13)16/h5,7-8,11,14H,3-4,6,9H2,1-2H3,(H2,13,16). The minimum absolute atomic E-state index is 0.254. The van der Waals surface area contributed by atoms with Crippen LogP contribution in [0.25, 0.3) is 0 Å². The number of nitrogens with zero attached hydrogens (tertiary/aromatic N) is 1. The smallest absolute Gasteiger partial charge is 0.237 e. The maximum atomic E-state index is 10.8. The van der Waals surface area contributed by atoms with Crippen LogP contribution in [0.2, 0.25) is 0 Å². The third-order valence-corrected chi connectivity index (χ3v) is 2.56. The van der Waals surface area contributed by atoms with E-state index in [0.717, 1.165) is 19.4 Å². The summed E-state index contributed by atoms with van der Waals surface area (Å²) in [6.45, 7) is 5.57. The fraction of sp³-hybridized carbons (Fsp3) is 0.583. The van der Waals surface area contributed by atoms with E-state index < -0.39 is 0 Å². The molecule has 0 fully saturated rings. The molecule has 0 saturated heterocycles. The molecule has 1 rings (SSSR count). The van der Waals surface area contributed by atoms with Crippen LogP contribution in [0.5, 0.6) is 0 Å². The first-order chi connectivity index (χ1) is 7.67. The highest BCUT2D eigenvalue weighted by Gasteiger charge is 2.09. The lowest BCUT2D eigenvalue weighted by atomic mass is 10.1.